The van der Waals surface area contributed by atoms with E-state index in [1.807, 2.05) is 0 Å². The molecule has 2 aliphatic rings. The van der Waals surface area contributed by atoms with Gasteiger partial charge in [-0.2, -0.15) is 0 Å². The molecule has 1 saturated heterocycles. The van der Waals surface area contributed by atoms with Crippen molar-refractivity contribution in [2.45, 2.75) is 65.8 Å². The molecule has 3 heteroatoms. The Morgan fingerprint density at radius 3 is 2.25 bits per heavy atom. The Morgan fingerprint density at radius 2 is 1.75 bits per heavy atom. The molecule has 2 nitrogen and oxygen atoms in total. The quantitative estimate of drug-likeness (QED) is 0.677. The molecule has 1 aliphatic heterocycles. The molecular formula is C17H30BrNO. The first kappa shape index (κ1) is 16.3. The Hall–Kier alpha value is -0.0500. The summed E-state index contributed by atoms with van der Waals surface area (Å²) in [5.41, 5.74) is 0.397. The summed E-state index contributed by atoms with van der Waals surface area (Å²) < 4.78 is 0. The zero-order chi connectivity index (χ0) is 14.9. The molecule has 2 rings (SSSR count). The minimum atomic E-state index is 0.292. The molecule has 0 aromatic rings. The van der Waals surface area contributed by atoms with Crippen LogP contribution in [0, 0.1) is 23.2 Å². The Kier molecular flexibility index (Phi) is 5.20. The van der Waals surface area contributed by atoms with E-state index in [0.717, 1.165) is 30.6 Å². The Labute approximate surface area is 132 Å². The number of halogens is 1. The summed E-state index contributed by atoms with van der Waals surface area (Å²) in [6, 6.07) is 0.419. The van der Waals surface area contributed by atoms with Crippen molar-refractivity contribution in [3.05, 3.63) is 0 Å². The number of nitrogens with zero attached hydrogens (tertiary/aromatic N) is 1. The van der Waals surface area contributed by atoms with Crippen LogP contribution in [0.15, 0.2) is 0 Å². The van der Waals surface area contributed by atoms with Gasteiger partial charge in [0, 0.05) is 23.8 Å². The van der Waals surface area contributed by atoms with Gasteiger partial charge < -0.3 is 4.90 Å². The fourth-order valence-corrected chi connectivity index (χ4v) is 4.95. The van der Waals surface area contributed by atoms with E-state index in [9.17, 15) is 4.79 Å². The van der Waals surface area contributed by atoms with Crippen LogP contribution in [0.5, 0.6) is 0 Å². The van der Waals surface area contributed by atoms with Gasteiger partial charge in [0.15, 0.2) is 0 Å². The molecule has 2 atom stereocenters. The summed E-state index contributed by atoms with van der Waals surface area (Å²) in [5, 5.41) is 0.928. The zero-order valence-electron chi connectivity index (χ0n) is 13.5. The normalized spacial score (nSPS) is 35.4. The number of carbonyl (C=O) groups excluding carboxylic acids is 1. The molecule has 0 aromatic carbocycles. The van der Waals surface area contributed by atoms with Crippen LogP contribution in [-0.2, 0) is 4.79 Å². The first-order chi connectivity index (χ1) is 9.34. The molecule has 1 amide bonds. The fraction of sp³-hybridized carbons (Fsp3) is 0.941. The van der Waals surface area contributed by atoms with Crippen LogP contribution in [0.1, 0.15) is 59.8 Å². The van der Waals surface area contributed by atoms with Gasteiger partial charge in [-0.1, -0.05) is 43.6 Å². The maximum atomic E-state index is 12.8. The molecule has 20 heavy (non-hydrogen) atoms. The molecular weight excluding hydrogens is 314 g/mol. The van der Waals surface area contributed by atoms with Crippen molar-refractivity contribution in [3.63, 3.8) is 0 Å². The number of hydrogen-bond donors (Lipinski definition) is 0. The van der Waals surface area contributed by atoms with Crippen molar-refractivity contribution in [1.29, 1.82) is 0 Å². The molecule has 1 saturated carbocycles. The SMILES string of the molecule is CC1CCN(C(=O)C2CCC(C(C)(C)C)CC2)C1CBr. The van der Waals surface area contributed by atoms with Crippen molar-refractivity contribution >= 4 is 21.8 Å². The van der Waals surface area contributed by atoms with E-state index in [0.29, 0.717) is 29.2 Å². The second kappa shape index (κ2) is 6.37. The van der Waals surface area contributed by atoms with Crippen molar-refractivity contribution in [2.24, 2.45) is 23.2 Å². The summed E-state index contributed by atoms with van der Waals surface area (Å²) in [5.74, 6) is 2.16. The number of alkyl halides is 1. The van der Waals surface area contributed by atoms with E-state index in [1.165, 1.54) is 19.3 Å². The largest absolute Gasteiger partial charge is 0.338 e. The minimum absolute atomic E-state index is 0.292. The van der Waals surface area contributed by atoms with Gasteiger partial charge in [0.2, 0.25) is 5.91 Å². The van der Waals surface area contributed by atoms with Gasteiger partial charge in [-0.05, 0) is 49.4 Å². The summed E-state index contributed by atoms with van der Waals surface area (Å²) >= 11 is 3.59. The molecule has 0 radical (unpaired) electrons. The van der Waals surface area contributed by atoms with E-state index < -0.39 is 0 Å². The lowest BCUT2D eigenvalue weighted by Gasteiger charge is -2.38. The van der Waals surface area contributed by atoms with Gasteiger partial charge in [-0.15, -0.1) is 0 Å². The smallest absolute Gasteiger partial charge is 0.225 e. The molecule has 0 N–H and O–H groups in total. The first-order valence-electron chi connectivity index (χ1n) is 8.21. The number of rotatable bonds is 2. The summed E-state index contributed by atoms with van der Waals surface area (Å²) in [6.45, 7) is 10.2. The molecule has 2 unspecified atom stereocenters. The van der Waals surface area contributed by atoms with Gasteiger partial charge >= 0.3 is 0 Å². The molecule has 0 bridgehead atoms. The number of carbonyl (C=O) groups is 1. The van der Waals surface area contributed by atoms with Gasteiger partial charge in [0.25, 0.3) is 0 Å². The second-order valence-corrected chi connectivity index (χ2v) is 8.58. The van der Waals surface area contributed by atoms with Crippen LogP contribution in [0.3, 0.4) is 0 Å². The van der Waals surface area contributed by atoms with Crippen LogP contribution >= 0.6 is 15.9 Å². The third-order valence-corrected chi connectivity index (χ3v) is 6.29. The first-order valence-corrected chi connectivity index (χ1v) is 9.33. The Balaban J connectivity index is 1.92. The predicted octanol–water partition coefficient (Wildman–Crippen LogP) is 4.47. The third kappa shape index (κ3) is 3.40. The lowest BCUT2D eigenvalue weighted by atomic mass is 9.69. The average Bonchev–Trinajstić information content (AvgIpc) is 2.78. The predicted molar refractivity (Wildman–Crippen MR) is 88.0 cm³/mol. The molecule has 0 spiro atoms. The van der Waals surface area contributed by atoms with Gasteiger partial charge in [0.1, 0.15) is 0 Å². The maximum Gasteiger partial charge on any atom is 0.225 e. The van der Waals surface area contributed by atoms with Crippen molar-refractivity contribution < 1.29 is 4.79 Å². The van der Waals surface area contributed by atoms with Crippen LogP contribution < -0.4 is 0 Å². The average molecular weight is 344 g/mol. The highest BCUT2D eigenvalue weighted by molar-refractivity contribution is 9.09. The topological polar surface area (TPSA) is 20.3 Å². The van der Waals surface area contributed by atoms with Crippen molar-refractivity contribution in [3.8, 4) is 0 Å². The number of amides is 1. The highest BCUT2D eigenvalue weighted by Gasteiger charge is 2.39. The van der Waals surface area contributed by atoms with Gasteiger partial charge in [-0.3, -0.25) is 4.79 Å². The van der Waals surface area contributed by atoms with Gasteiger partial charge in [-0.25, -0.2) is 0 Å². The third-order valence-electron chi connectivity index (χ3n) is 5.62. The molecule has 1 aliphatic carbocycles. The summed E-state index contributed by atoms with van der Waals surface area (Å²) in [6.07, 6.45) is 5.81. The summed E-state index contributed by atoms with van der Waals surface area (Å²) in [4.78, 5) is 14.9. The van der Waals surface area contributed by atoms with Crippen molar-refractivity contribution in [1.82, 2.24) is 4.90 Å². The minimum Gasteiger partial charge on any atom is -0.338 e. The molecule has 116 valence electrons. The lowest BCUT2D eigenvalue weighted by Crippen LogP contribution is -2.43. The monoisotopic (exact) mass is 343 g/mol. The van der Waals surface area contributed by atoms with E-state index in [-0.39, 0.29) is 0 Å². The van der Waals surface area contributed by atoms with E-state index in [2.05, 4.69) is 48.5 Å². The standard InChI is InChI=1S/C17H30BrNO/c1-12-9-10-19(15(12)11-18)16(20)13-5-7-14(8-6-13)17(2,3)4/h12-15H,5-11H2,1-4H3. The van der Waals surface area contributed by atoms with E-state index in [4.69, 9.17) is 0 Å². The second-order valence-electron chi connectivity index (χ2n) is 7.93. The number of likely N-dealkylation sites (tertiary alicyclic amines) is 1. The van der Waals surface area contributed by atoms with Crippen LogP contribution in [-0.4, -0.2) is 28.7 Å². The zero-order valence-corrected chi connectivity index (χ0v) is 15.1. The number of hydrogen-bond acceptors (Lipinski definition) is 1. The maximum absolute atomic E-state index is 12.8. The highest BCUT2D eigenvalue weighted by atomic mass is 79.9. The van der Waals surface area contributed by atoms with E-state index >= 15 is 0 Å². The molecule has 2 fully saturated rings. The van der Waals surface area contributed by atoms with Crippen LogP contribution in [0.4, 0.5) is 0 Å². The fourth-order valence-electron chi connectivity index (χ4n) is 3.96. The van der Waals surface area contributed by atoms with Gasteiger partial charge in [0.05, 0.1) is 0 Å². The highest BCUT2D eigenvalue weighted by Crippen LogP contribution is 2.41. The lowest BCUT2D eigenvalue weighted by molar-refractivity contribution is -0.137. The van der Waals surface area contributed by atoms with Crippen molar-refractivity contribution in [2.75, 3.05) is 11.9 Å². The van der Waals surface area contributed by atoms with Crippen LogP contribution in [0.2, 0.25) is 0 Å². The molecule has 0 aromatic heterocycles. The van der Waals surface area contributed by atoms with E-state index in [1.54, 1.807) is 0 Å². The Morgan fingerprint density at radius 1 is 1.15 bits per heavy atom. The summed E-state index contributed by atoms with van der Waals surface area (Å²) in [7, 11) is 0. The molecule has 1 heterocycles. The Bertz CT molecular complexity index is 341. The van der Waals surface area contributed by atoms with Crippen LogP contribution in [0.25, 0.3) is 0 Å².